The van der Waals surface area contributed by atoms with Gasteiger partial charge in [0.15, 0.2) is 0 Å². The van der Waals surface area contributed by atoms with Gasteiger partial charge in [-0.05, 0) is 108 Å². The predicted octanol–water partition coefficient (Wildman–Crippen LogP) is 13.6. The highest BCUT2D eigenvalue weighted by Crippen LogP contribution is 2.39. The van der Waals surface area contributed by atoms with Crippen molar-refractivity contribution in [1.29, 1.82) is 0 Å². The lowest BCUT2D eigenvalue weighted by Gasteiger charge is -2.26. The van der Waals surface area contributed by atoms with E-state index in [9.17, 15) is 0 Å². The van der Waals surface area contributed by atoms with Crippen LogP contribution in [0.3, 0.4) is 0 Å². The minimum atomic E-state index is 1.11. The molecule has 0 aliphatic carbocycles. The molecule has 0 saturated heterocycles. The molecule has 0 N–H and O–H groups in total. The Kier molecular flexibility index (Phi) is 7.22. The first kappa shape index (κ1) is 28.8. The van der Waals surface area contributed by atoms with E-state index in [4.69, 9.17) is 0 Å². The van der Waals surface area contributed by atoms with Crippen LogP contribution >= 0.6 is 0 Å². The predicted molar refractivity (Wildman–Crippen MR) is 210 cm³/mol. The molecule has 0 aromatic heterocycles. The Morgan fingerprint density at radius 1 is 0.224 bits per heavy atom. The maximum Gasteiger partial charge on any atom is 0.0467 e. The van der Waals surface area contributed by atoms with Crippen LogP contribution in [0.2, 0.25) is 0 Å². The summed E-state index contributed by atoms with van der Waals surface area (Å²) in [7, 11) is 0. The highest BCUT2D eigenvalue weighted by Gasteiger charge is 2.15. The number of rotatable bonds is 6. The lowest BCUT2D eigenvalue weighted by molar-refractivity contribution is 1.28. The summed E-state index contributed by atoms with van der Waals surface area (Å²) in [6.07, 6.45) is 0. The average molecular weight is 624 g/mol. The molecule has 0 fully saturated rings. The minimum absolute atomic E-state index is 1.11. The molecule has 0 unspecified atom stereocenters. The number of hydrogen-bond donors (Lipinski definition) is 0. The standard InChI is InChI=1S/C48H33N/c1-3-10-34(11-4-1)36-20-26-42(27-21-36)49(43-28-22-37(23-29-43)35-12-5-2-6-13-35)44-16-9-15-40(32-44)41-19-18-39-25-30-46-45-17-8-7-14-38(45)24-31-47(46)48(39)33-41/h1-33H. The molecule has 0 spiro atoms. The molecule has 0 radical (unpaired) electrons. The van der Waals surface area contributed by atoms with Gasteiger partial charge in [0.1, 0.15) is 0 Å². The van der Waals surface area contributed by atoms with E-state index in [1.54, 1.807) is 0 Å². The second kappa shape index (κ2) is 12.3. The lowest BCUT2D eigenvalue weighted by Crippen LogP contribution is -2.10. The smallest absolute Gasteiger partial charge is 0.0467 e. The molecule has 9 aromatic rings. The van der Waals surface area contributed by atoms with E-state index in [2.05, 4.69) is 205 Å². The van der Waals surface area contributed by atoms with Gasteiger partial charge in [-0.3, -0.25) is 0 Å². The summed E-state index contributed by atoms with van der Waals surface area (Å²) in [6.45, 7) is 0. The first-order valence-electron chi connectivity index (χ1n) is 16.8. The van der Waals surface area contributed by atoms with Crippen LogP contribution < -0.4 is 4.90 Å². The number of fused-ring (bicyclic) bond motifs is 5. The molecular weight excluding hydrogens is 591 g/mol. The van der Waals surface area contributed by atoms with Crippen LogP contribution in [0, 0.1) is 0 Å². The highest BCUT2D eigenvalue weighted by molar-refractivity contribution is 6.17. The Morgan fingerprint density at radius 2 is 0.673 bits per heavy atom. The van der Waals surface area contributed by atoms with E-state index >= 15 is 0 Å². The van der Waals surface area contributed by atoms with Gasteiger partial charge in [0.05, 0.1) is 0 Å². The molecule has 1 nitrogen and oxygen atoms in total. The Hall–Kier alpha value is -6.44. The van der Waals surface area contributed by atoms with Crippen LogP contribution in [-0.2, 0) is 0 Å². The fraction of sp³-hybridized carbons (Fsp3) is 0. The van der Waals surface area contributed by atoms with Crippen molar-refractivity contribution in [3.05, 3.63) is 200 Å². The SMILES string of the molecule is c1ccc(-c2ccc(N(c3ccc(-c4ccccc4)cc3)c3cccc(-c4ccc5ccc6c7ccccc7ccc6c5c4)c3)cc2)cc1. The third-order valence-electron chi connectivity index (χ3n) is 9.65. The molecule has 0 aliphatic rings. The summed E-state index contributed by atoms with van der Waals surface area (Å²) in [5.41, 5.74) is 10.6. The van der Waals surface area contributed by atoms with Crippen LogP contribution in [-0.4, -0.2) is 0 Å². The summed E-state index contributed by atoms with van der Waals surface area (Å²) in [6, 6.07) is 72.4. The van der Waals surface area contributed by atoms with Crippen molar-refractivity contribution in [2.75, 3.05) is 4.90 Å². The molecule has 9 rings (SSSR count). The fourth-order valence-electron chi connectivity index (χ4n) is 7.14. The van der Waals surface area contributed by atoms with E-state index in [0.29, 0.717) is 0 Å². The number of benzene rings is 9. The first-order valence-corrected chi connectivity index (χ1v) is 16.8. The van der Waals surface area contributed by atoms with Crippen molar-refractivity contribution in [2.45, 2.75) is 0 Å². The molecule has 49 heavy (non-hydrogen) atoms. The molecule has 0 bridgehead atoms. The summed E-state index contributed by atoms with van der Waals surface area (Å²) >= 11 is 0. The number of hydrogen-bond acceptors (Lipinski definition) is 1. The fourth-order valence-corrected chi connectivity index (χ4v) is 7.14. The number of nitrogens with zero attached hydrogens (tertiary/aromatic N) is 1. The Morgan fingerprint density at radius 3 is 1.31 bits per heavy atom. The van der Waals surface area contributed by atoms with E-state index in [1.165, 1.54) is 65.7 Å². The average Bonchev–Trinajstić information content (AvgIpc) is 3.19. The van der Waals surface area contributed by atoms with Crippen molar-refractivity contribution in [3.63, 3.8) is 0 Å². The second-order valence-corrected chi connectivity index (χ2v) is 12.6. The summed E-state index contributed by atoms with van der Waals surface area (Å²) < 4.78 is 0. The summed E-state index contributed by atoms with van der Waals surface area (Å²) in [5, 5.41) is 7.67. The molecule has 230 valence electrons. The van der Waals surface area contributed by atoms with Crippen molar-refractivity contribution in [3.8, 4) is 33.4 Å². The maximum absolute atomic E-state index is 2.36. The molecule has 0 heterocycles. The van der Waals surface area contributed by atoms with Crippen molar-refractivity contribution >= 4 is 49.4 Å². The van der Waals surface area contributed by atoms with Gasteiger partial charge in [-0.15, -0.1) is 0 Å². The minimum Gasteiger partial charge on any atom is -0.310 e. The van der Waals surface area contributed by atoms with E-state index < -0.39 is 0 Å². The lowest BCUT2D eigenvalue weighted by atomic mass is 9.94. The maximum atomic E-state index is 2.36. The van der Waals surface area contributed by atoms with Crippen molar-refractivity contribution in [2.24, 2.45) is 0 Å². The van der Waals surface area contributed by atoms with Crippen LogP contribution in [0.25, 0.3) is 65.7 Å². The summed E-state index contributed by atoms with van der Waals surface area (Å²) in [4.78, 5) is 2.36. The largest absolute Gasteiger partial charge is 0.310 e. The summed E-state index contributed by atoms with van der Waals surface area (Å²) in [5.74, 6) is 0. The Labute approximate surface area is 287 Å². The monoisotopic (exact) mass is 623 g/mol. The van der Waals surface area contributed by atoms with Crippen LogP contribution in [0.1, 0.15) is 0 Å². The normalized spacial score (nSPS) is 11.3. The zero-order valence-corrected chi connectivity index (χ0v) is 27.0. The van der Waals surface area contributed by atoms with E-state index in [-0.39, 0.29) is 0 Å². The van der Waals surface area contributed by atoms with Gasteiger partial charge in [-0.25, -0.2) is 0 Å². The van der Waals surface area contributed by atoms with Crippen LogP contribution in [0.4, 0.5) is 17.1 Å². The van der Waals surface area contributed by atoms with Gasteiger partial charge in [-0.2, -0.15) is 0 Å². The first-order chi connectivity index (χ1) is 24.3. The van der Waals surface area contributed by atoms with Gasteiger partial charge in [0.2, 0.25) is 0 Å². The molecule has 0 atom stereocenters. The molecular formula is C48H33N. The Bertz CT molecular complexity index is 2490. The van der Waals surface area contributed by atoms with Gasteiger partial charge < -0.3 is 4.90 Å². The highest BCUT2D eigenvalue weighted by atomic mass is 15.1. The second-order valence-electron chi connectivity index (χ2n) is 12.6. The van der Waals surface area contributed by atoms with Crippen molar-refractivity contribution < 1.29 is 0 Å². The zero-order chi connectivity index (χ0) is 32.6. The molecule has 0 amide bonds. The van der Waals surface area contributed by atoms with E-state index in [1.807, 2.05) is 0 Å². The molecule has 0 saturated carbocycles. The molecule has 9 aromatic carbocycles. The van der Waals surface area contributed by atoms with Gasteiger partial charge in [-0.1, -0.05) is 158 Å². The zero-order valence-electron chi connectivity index (χ0n) is 27.0. The van der Waals surface area contributed by atoms with Gasteiger partial charge >= 0.3 is 0 Å². The van der Waals surface area contributed by atoms with Crippen LogP contribution in [0.15, 0.2) is 200 Å². The Balaban J connectivity index is 1.15. The number of anilines is 3. The van der Waals surface area contributed by atoms with E-state index in [0.717, 1.165) is 17.1 Å². The van der Waals surface area contributed by atoms with Crippen LogP contribution in [0.5, 0.6) is 0 Å². The third kappa shape index (κ3) is 5.42. The topological polar surface area (TPSA) is 3.24 Å². The van der Waals surface area contributed by atoms with Crippen molar-refractivity contribution in [1.82, 2.24) is 0 Å². The molecule has 1 heteroatoms. The van der Waals surface area contributed by atoms with Gasteiger partial charge in [0, 0.05) is 17.1 Å². The van der Waals surface area contributed by atoms with Gasteiger partial charge in [0.25, 0.3) is 0 Å². The molecule has 0 aliphatic heterocycles. The quantitative estimate of drug-likeness (QED) is 0.167. The third-order valence-corrected chi connectivity index (χ3v) is 9.65.